The van der Waals surface area contributed by atoms with E-state index in [0.717, 1.165) is 10.4 Å². The Morgan fingerprint density at radius 1 is 1.12 bits per heavy atom. The highest BCUT2D eigenvalue weighted by atomic mass is 32.1. The van der Waals surface area contributed by atoms with E-state index >= 15 is 0 Å². The molecule has 130 valence electrons. The van der Waals surface area contributed by atoms with Crippen molar-refractivity contribution in [3.05, 3.63) is 76.5 Å². The Morgan fingerprint density at radius 3 is 2.73 bits per heavy atom. The number of carbonyl (C=O) groups excluding carboxylic acids is 2. The number of ether oxygens (including phenoxy) is 1. The van der Waals surface area contributed by atoms with Crippen LogP contribution in [0.4, 0.5) is 11.4 Å². The van der Waals surface area contributed by atoms with Crippen molar-refractivity contribution in [2.45, 2.75) is 12.5 Å². The Balaban J connectivity index is 1.49. The van der Waals surface area contributed by atoms with Crippen LogP contribution in [0.2, 0.25) is 0 Å². The summed E-state index contributed by atoms with van der Waals surface area (Å²) in [5.41, 5.74) is 1.97. The molecule has 2 aromatic carbocycles. The van der Waals surface area contributed by atoms with Gasteiger partial charge >= 0.3 is 0 Å². The van der Waals surface area contributed by atoms with Crippen LogP contribution < -0.4 is 15.4 Å². The van der Waals surface area contributed by atoms with E-state index in [2.05, 4.69) is 10.6 Å². The molecule has 1 aliphatic rings. The van der Waals surface area contributed by atoms with Gasteiger partial charge in [0.1, 0.15) is 5.75 Å². The second kappa shape index (κ2) is 7.01. The van der Waals surface area contributed by atoms with Crippen LogP contribution in [0.3, 0.4) is 0 Å². The molecular weight excluding hydrogens is 348 g/mol. The number of hydrogen-bond acceptors (Lipinski definition) is 4. The lowest BCUT2D eigenvalue weighted by atomic mass is 10.1. The number of rotatable bonds is 4. The maximum absolute atomic E-state index is 12.4. The fraction of sp³-hybridized carbons (Fsp3) is 0.100. The van der Waals surface area contributed by atoms with Crippen LogP contribution >= 0.6 is 11.3 Å². The monoisotopic (exact) mass is 364 g/mol. The van der Waals surface area contributed by atoms with Gasteiger partial charge in [-0.2, -0.15) is 0 Å². The second-order valence-electron chi connectivity index (χ2n) is 5.91. The quantitative estimate of drug-likeness (QED) is 0.735. The Hall–Kier alpha value is -3.12. The topological polar surface area (TPSA) is 67.4 Å². The summed E-state index contributed by atoms with van der Waals surface area (Å²) in [7, 11) is 0. The van der Waals surface area contributed by atoms with Crippen LogP contribution in [0.5, 0.6) is 5.75 Å². The lowest BCUT2D eigenvalue weighted by molar-refractivity contribution is -0.123. The SMILES string of the molecule is O=C(Cc1cccs1)Nc1ccc2c(c1)NC(=O)C(c1ccccc1)O2. The van der Waals surface area contributed by atoms with E-state index in [-0.39, 0.29) is 11.8 Å². The zero-order valence-electron chi connectivity index (χ0n) is 13.8. The average molecular weight is 364 g/mol. The molecule has 0 saturated carbocycles. The largest absolute Gasteiger partial charge is 0.474 e. The number of benzene rings is 2. The molecule has 26 heavy (non-hydrogen) atoms. The van der Waals surface area contributed by atoms with Gasteiger partial charge in [0.15, 0.2) is 0 Å². The molecule has 0 aliphatic carbocycles. The lowest BCUT2D eigenvalue weighted by Gasteiger charge is -2.26. The minimum absolute atomic E-state index is 0.0994. The van der Waals surface area contributed by atoms with Gasteiger partial charge in [0.05, 0.1) is 12.1 Å². The van der Waals surface area contributed by atoms with Crippen molar-refractivity contribution in [1.82, 2.24) is 0 Å². The number of thiophene rings is 1. The maximum atomic E-state index is 12.4. The summed E-state index contributed by atoms with van der Waals surface area (Å²) in [6.45, 7) is 0. The highest BCUT2D eigenvalue weighted by molar-refractivity contribution is 7.10. The maximum Gasteiger partial charge on any atom is 0.270 e. The fourth-order valence-electron chi connectivity index (χ4n) is 2.81. The van der Waals surface area contributed by atoms with E-state index in [0.29, 0.717) is 23.5 Å². The number of anilines is 2. The molecule has 0 radical (unpaired) electrons. The van der Waals surface area contributed by atoms with Gasteiger partial charge in [-0.3, -0.25) is 9.59 Å². The van der Waals surface area contributed by atoms with Crippen LogP contribution in [-0.4, -0.2) is 11.8 Å². The number of hydrogen-bond donors (Lipinski definition) is 2. The van der Waals surface area contributed by atoms with E-state index in [1.54, 1.807) is 29.5 Å². The van der Waals surface area contributed by atoms with Gasteiger partial charge in [0, 0.05) is 16.1 Å². The standard InChI is InChI=1S/C20H16N2O3S/c23-18(12-15-7-4-10-26-15)21-14-8-9-17-16(11-14)22-20(24)19(25-17)13-5-2-1-3-6-13/h1-11,19H,12H2,(H,21,23)(H,22,24). The minimum Gasteiger partial charge on any atom is -0.474 e. The molecule has 1 atom stereocenters. The third kappa shape index (κ3) is 3.45. The van der Waals surface area contributed by atoms with Crippen molar-refractivity contribution in [1.29, 1.82) is 0 Å². The van der Waals surface area contributed by atoms with Gasteiger partial charge in [-0.25, -0.2) is 0 Å². The number of amides is 2. The molecule has 0 saturated heterocycles. The minimum atomic E-state index is -0.678. The molecule has 6 heteroatoms. The van der Waals surface area contributed by atoms with Crippen LogP contribution in [0, 0.1) is 0 Å². The zero-order valence-corrected chi connectivity index (χ0v) is 14.6. The third-order valence-corrected chi connectivity index (χ3v) is 4.90. The normalized spacial score (nSPS) is 15.5. The van der Waals surface area contributed by atoms with Crippen molar-refractivity contribution in [2.75, 3.05) is 10.6 Å². The molecule has 0 spiro atoms. The Bertz CT molecular complexity index is 939. The van der Waals surface area contributed by atoms with Gasteiger partial charge in [-0.05, 0) is 29.6 Å². The molecule has 3 aromatic rings. The second-order valence-corrected chi connectivity index (χ2v) is 6.95. The Labute approximate surface area is 154 Å². The fourth-order valence-corrected chi connectivity index (χ4v) is 3.51. The first-order chi connectivity index (χ1) is 12.7. The van der Waals surface area contributed by atoms with Gasteiger partial charge in [-0.1, -0.05) is 36.4 Å². The molecule has 4 rings (SSSR count). The molecule has 1 aliphatic heterocycles. The molecule has 2 N–H and O–H groups in total. The van der Waals surface area contributed by atoms with E-state index < -0.39 is 6.10 Å². The van der Waals surface area contributed by atoms with Crippen LogP contribution in [0.15, 0.2) is 66.0 Å². The smallest absolute Gasteiger partial charge is 0.270 e. The molecule has 5 nitrogen and oxygen atoms in total. The first-order valence-electron chi connectivity index (χ1n) is 8.18. The molecular formula is C20H16N2O3S. The Kier molecular flexibility index (Phi) is 4.41. The van der Waals surface area contributed by atoms with Crippen molar-refractivity contribution in [3.8, 4) is 5.75 Å². The summed E-state index contributed by atoms with van der Waals surface area (Å²) in [5.74, 6) is 0.248. The number of fused-ring (bicyclic) bond motifs is 1. The number of carbonyl (C=O) groups is 2. The summed E-state index contributed by atoms with van der Waals surface area (Å²) in [6, 6.07) is 18.4. The lowest BCUT2D eigenvalue weighted by Crippen LogP contribution is -2.30. The summed E-state index contributed by atoms with van der Waals surface area (Å²) >= 11 is 1.55. The predicted molar refractivity (Wildman–Crippen MR) is 102 cm³/mol. The average Bonchev–Trinajstić information content (AvgIpc) is 3.14. The molecule has 1 unspecified atom stereocenters. The van der Waals surface area contributed by atoms with E-state index in [9.17, 15) is 9.59 Å². The summed E-state index contributed by atoms with van der Waals surface area (Å²) < 4.78 is 5.85. The highest BCUT2D eigenvalue weighted by Crippen LogP contribution is 2.36. The molecule has 0 fully saturated rings. The van der Waals surface area contributed by atoms with Crippen LogP contribution in [-0.2, 0) is 16.0 Å². The van der Waals surface area contributed by atoms with Gasteiger partial charge in [-0.15, -0.1) is 11.3 Å². The first kappa shape index (κ1) is 16.4. The molecule has 1 aromatic heterocycles. The van der Waals surface area contributed by atoms with Gasteiger partial charge in [0.2, 0.25) is 12.0 Å². The highest BCUT2D eigenvalue weighted by Gasteiger charge is 2.29. The van der Waals surface area contributed by atoms with Crippen molar-refractivity contribution < 1.29 is 14.3 Å². The van der Waals surface area contributed by atoms with E-state index in [1.807, 2.05) is 47.8 Å². The number of nitrogens with one attached hydrogen (secondary N) is 2. The molecule has 2 amide bonds. The summed E-state index contributed by atoms with van der Waals surface area (Å²) in [5, 5.41) is 7.65. The molecule has 0 bridgehead atoms. The van der Waals surface area contributed by atoms with Crippen LogP contribution in [0.1, 0.15) is 16.5 Å². The summed E-state index contributed by atoms with van der Waals surface area (Å²) in [4.78, 5) is 25.5. The van der Waals surface area contributed by atoms with Crippen molar-refractivity contribution >= 4 is 34.5 Å². The summed E-state index contributed by atoms with van der Waals surface area (Å²) in [6.07, 6.45) is -0.351. The third-order valence-electron chi connectivity index (χ3n) is 4.02. The van der Waals surface area contributed by atoms with Crippen molar-refractivity contribution in [2.24, 2.45) is 0 Å². The van der Waals surface area contributed by atoms with E-state index in [1.165, 1.54) is 0 Å². The van der Waals surface area contributed by atoms with Crippen molar-refractivity contribution in [3.63, 3.8) is 0 Å². The van der Waals surface area contributed by atoms with Gasteiger partial charge < -0.3 is 15.4 Å². The Morgan fingerprint density at radius 2 is 1.96 bits per heavy atom. The molecule has 2 heterocycles. The predicted octanol–water partition coefficient (Wildman–Crippen LogP) is 4.00. The first-order valence-corrected chi connectivity index (χ1v) is 9.06. The van der Waals surface area contributed by atoms with E-state index in [4.69, 9.17) is 4.74 Å². The van der Waals surface area contributed by atoms with Crippen LogP contribution in [0.25, 0.3) is 0 Å². The zero-order chi connectivity index (χ0) is 17.9. The van der Waals surface area contributed by atoms with Gasteiger partial charge in [0.25, 0.3) is 5.91 Å².